The van der Waals surface area contributed by atoms with Gasteiger partial charge in [0.2, 0.25) is 0 Å². The zero-order valence-corrected chi connectivity index (χ0v) is 13.2. The predicted molar refractivity (Wildman–Crippen MR) is 85.5 cm³/mol. The zero-order chi connectivity index (χ0) is 13.5. The van der Waals surface area contributed by atoms with Crippen molar-refractivity contribution in [2.45, 2.75) is 43.5 Å². The van der Waals surface area contributed by atoms with E-state index in [-0.39, 0.29) is 0 Å². The van der Waals surface area contributed by atoms with Gasteiger partial charge in [0.15, 0.2) is 5.82 Å². The molecule has 0 radical (unpaired) electrons. The van der Waals surface area contributed by atoms with Crippen LogP contribution in [0.2, 0.25) is 0 Å². The Morgan fingerprint density at radius 3 is 3.00 bits per heavy atom. The lowest BCUT2D eigenvalue weighted by Crippen LogP contribution is -2.43. The van der Waals surface area contributed by atoms with Crippen molar-refractivity contribution in [2.24, 2.45) is 5.92 Å². The van der Waals surface area contributed by atoms with Gasteiger partial charge >= 0.3 is 0 Å². The van der Waals surface area contributed by atoms with Crippen LogP contribution in [0.25, 0.3) is 5.65 Å². The summed E-state index contributed by atoms with van der Waals surface area (Å²) in [4.78, 5) is 7.53. The van der Waals surface area contributed by atoms with Gasteiger partial charge in [0.25, 0.3) is 0 Å². The van der Waals surface area contributed by atoms with Gasteiger partial charge in [-0.2, -0.15) is 0 Å². The van der Waals surface area contributed by atoms with E-state index < -0.39 is 0 Å². The Morgan fingerprint density at radius 2 is 2.10 bits per heavy atom. The third kappa shape index (κ3) is 1.88. The van der Waals surface area contributed by atoms with Crippen molar-refractivity contribution in [3.63, 3.8) is 0 Å². The first-order chi connectivity index (χ1) is 9.88. The van der Waals surface area contributed by atoms with Gasteiger partial charge in [0.1, 0.15) is 5.65 Å². The first-order valence-electron chi connectivity index (χ1n) is 7.67. The lowest BCUT2D eigenvalue weighted by molar-refractivity contribution is 0.360. The highest BCUT2D eigenvalue weighted by Gasteiger charge is 2.36. The maximum absolute atomic E-state index is 4.93. The topological polar surface area (TPSA) is 20.5 Å². The third-order valence-electron chi connectivity index (χ3n) is 5.00. The zero-order valence-electron chi connectivity index (χ0n) is 11.6. The van der Waals surface area contributed by atoms with Gasteiger partial charge in [0, 0.05) is 24.1 Å². The molecule has 1 aliphatic heterocycles. The molecule has 1 saturated heterocycles. The Hall–Kier alpha value is -1.03. The molecule has 2 aromatic rings. The molecule has 2 unspecified atom stereocenters. The molecule has 20 heavy (non-hydrogen) atoms. The van der Waals surface area contributed by atoms with Crippen LogP contribution in [0.5, 0.6) is 0 Å². The second-order valence-corrected chi connectivity index (χ2v) is 6.60. The van der Waals surface area contributed by atoms with E-state index in [2.05, 4.69) is 49.6 Å². The third-order valence-corrected chi connectivity index (χ3v) is 5.53. The number of halogens is 1. The minimum Gasteiger partial charge on any atom is -0.352 e. The number of anilines is 1. The minimum absolute atomic E-state index is 0.728. The van der Waals surface area contributed by atoms with Crippen molar-refractivity contribution in [3.05, 3.63) is 30.1 Å². The fourth-order valence-corrected chi connectivity index (χ4v) is 4.63. The standard InChI is InChI=1S/C16H20BrN3/c17-11-14-16(18-15-8-1-2-9-19(14)15)20-10-4-6-12-5-3-7-13(12)20/h1-2,8-9,12-13H,3-7,10-11H2. The van der Waals surface area contributed by atoms with Crippen molar-refractivity contribution in [1.29, 1.82) is 0 Å². The van der Waals surface area contributed by atoms with Crippen LogP contribution >= 0.6 is 15.9 Å². The van der Waals surface area contributed by atoms with E-state index in [1.165, 1.54) is 50.2 Å². The maximum atomic E-state index is 4.93. The van der Waals surface area contributed by atoms with Gasteiger partial charge in [-0.1, -0.05) is 28.4 Å². The minimum atomic E-state index is 0.728. The molecule has 0 aromatic carbocycles. The number of pyridine rings is 1. The summed E-state index contributed by atoms with van der Waals surface area (Å²) in [6.45, 7) is 1.17. The molecule has 1 saturated carbocycles. The van der Waals surface area contributed by atoms with Crippen LogP contribution in [-0.4, -0.2) is 22.0 Å². The average molecular weight is 334 g/mol. The molecule has 0 bridgehead atoms. The monoisotopic (exact) mass is 333 g/mol. The first kappa shape index (κ1) is 12.7. The molecule has 2 aliphatic rings. The predicted octanol–water partition coefficient (Wildman–Crippen LogP) is 4.00. The summed E-state index contributed by atoms with van der Waals surface area (Å²) >= 11 is 3.66. The number of rotatable bonds is 2. The molecule has 4 heteroatoms. The number of nitrogens with zero attached hydrogens (tertiary/aromatic N) is 3. The van der Waals surface area contributed by atoms with Crippen molar-refractivity contribution in [2.75, 3.05) is 11.4 Å². The Bertz CT molecular complexity index is 621. The van der Waals surface area contributed by atoms with E-state index in [4.69, 9.17) is 4.98 Å². The van der Waals surface area contributed by atoms with E-state index in [1.807, 2.05) is 0 Å². The van der Waals surface area contributed by atoms with E-state index in [0.29, 0.717) is 0 Å². The molecular weight excluding hydrogens is 314 g/mol. The van der Waals surface area contributed by atoms with Gasteiger partial charge in [-0.25, -0.2) is 4.98 Å². The Morgan fingerprint density at radius 1 is 1.20 bits per heavy atom. The van der Waals surface area contributed by atoms with Crippen LogP contribution in [0.4, 0.5) is 5.82 Å². The number of hydrogen-bond donors (Lipinski definition) is 0. The molecule has 0 spiro atoms. The summed E-state index contributed by atoms with van der Waals surface area (Å²) in [5.74, 6) is 2.11. The molecule has 3 heterocycles. The molecule has 106 valence electrons. The van der Waals surface area contributed by atoms with E-state index in [0.717, 1.165) is 22.9 Å². The van der Waals surface area contributed by atoms with Crippen molar-refractivity contribution in [3.8, 4) is 0 Å². The van der Waals surface area contributed by atoms with Crippen LogP contribution in [0.3, 0.4) is 0 Å². The molecule has 0 amide bonds. The molecule has 0 N–H and O–H groups in total. The Kier molecular flexibility index (Phi) is 3.21. The van der Waals surface area contributed by atoms with Crippen LogP contribution in [-0.2, 0) is 5.33 Å². The Labute approximate surface area is 128 Å². The van der Waals surface area contributed by atoms with Gasteiger partial charge in [-0.15, -0.1) is 0 Å². The number of fused-ring (bicyclic) bond motifs is 2. The smallest absolute Gasteiger partial charge is 0.152 e. The number of imidazole rings is 1. The normalized spacial score (nSPS) is 26.1. The van der Waals surface area contributed by atoms with Crippen molar-refractivity contribution in [1.82, 2.24) is 9.38 Å². The highest BCUT2D eigenvalue weighted by atomic mass is 79.9. The summed E-state index contributed by atoms with van der Waals surface area (Å²) < 4.78 is 2.22. The maximum Gasteiger partial charge on any atom is 0.152 e. The quantitative estimate of drug-likeness (QED) is 0.774. The molecule has 3 nitrogen and oxygen atoms in total. The van der Waals surface area contributed by atoms with Gasteiger partial charge in [-0.05, 0) is 43.7 Å². The SMILES string of the molecule is BrCc1c(N2CCCC3CCCC32)nc2ccccn12. The van der Waals surface area contributed by atoms with Crippen molar-refractivity contribution >= 4 is 27.4 Å². The highest BCUT2D eigenvalue weighted by Crippen LogP contribution is 2.40. The highest BCUT2D eigenvalue weighted by molar-refractivity contribution is 9.08. The van der Waals surface area contributed by atoms with E-state index >= 15 is 0 Å². The molecule has 1 aliphatic carbocycles. The van der Waals surface area contributed by atoms with Crippen molar-refractivity contribution < 1.29 is 0 Å². The summed E-state index contributed by atoms with van der Waals surface area (Å²) in [5.41, 5.74) is 2.37. The number of hydrogen-bond acceptors (Lipinski definition) is 2. The van der Waals surface area contributed by atoms with Crippen LogP contribution in [0, 0.1) is 5.92 Å². The summed E-state index contributed by atoms with van der Waals surface area (Å²) in [5, 5.41) is 0.862. The lowest BCUT2D eigenvalue weighted by Gasteiger charge is -2.38. The van der Waals surface area contributed by atoms with Gasteiger partial charge in [-0.3, -0.25) is 0 Å². The number of alkyl halides is 1. The second kappa shape index (κ2) is 5.06. The summed E-state index contributed by atoms with van der Waals surface area (Å²) in [7, 11) is 0. The Balaban J connectivity index is 1.80. The second-order valence-electron chi connectivity index (χ2n) is 6.04. The van der Waals surface area contributed by atoms with Crippen LogP contribution in [0.1, 0.15) is 37.8 Å². The molecule has 2 aromatic heterocycles. The average Bonchev–Trinajstić information content (AvgIpc) is 3.10. The van der Waals surface area contributed by atoms with E-state index in [9.17, 15) is 0 Å². The number of piperidine rings is 1. The largest absolute Gasteiger partial charge is 0.352 e. The van der Waals surface area contributed by atoms with E-state index in [1.54, 1.807) is 0 Å². The fourth-order valence-electron chi connectivity index (χ4n) is 4.11. The van der Waals surface area contributed by atoms with Crippen LogP contribution in [0.15, 0.2) is 24.4 Å². The first-order valence-corrected chi connectivity index (χ1v) is 8.79. The lowest BCUT2D eigenvalue weighted by atomic mass is 9.92. The molecule has 2 atom stereocenters. The molecular formula is C16H20BrN3. The number of aromatic nitrogens is 2. The van der Waals surface area contributed by atoms with Gasteiger partial charge < -0.3 is 9.30 Å². The fraction of sp³-hybridized carbons (Fsp3) is 0.562. The van der Waals surface area contributed by atoms with Gasteiger partial charge in [0.05, 0.1) is 5.69 Å². The van der Waals surface area contributed by atoms with Crippen LogP contribution < -0.4 is 4.90 Å². The molecule has 2 fully saturated rings. The molecule has 4 rings (SSSR count). The summed E-state index contributed by atoms with van der Waals surface area (Å²) in [6.07, 6.45) is 9.01. The summed E-state index contributed by atoms with van der Waals surface area (Å²) in [6, 6.07) is 6.98.